The second kappa shape index (κ2) is 9.10. The molecule has 28 heavy (non-hydrogen) atoms. The number of nitrogens with one attached hydrogen (secondary N) is 2. The van der Waals surface area contributed by atoms with E-state index < -0.39 is 0 Å². The molecule has 3 amide bonds. The van der Waals surface area contributed by atoms with Crippen molar-refractivity contribution < 1.29 is 14.3 Å². The number of piperidine rings is 1. The quantitative estimate of drug-likeness (QED) is 0.747. The molecule has 148 valence electrons. The first-order valence-electron chi connectivity index (χ1n) is 9.19. The Labute approximate surface area is 173 Å². The number of anilines is 1. The molecular formula is C21H24BrN3O3. The Morgan fingerprint density at radius 2 is 1.79 bits per heavy atom. The van der Waals surface area contributed by atoms with Gasteiger partial charge in [-0.1, -0.05) is 28.1 Å². The van der Waals surface area contributed by atoms with Crippen LogP contribution in [0, 0.1) is 0 Å². The number of amides is 3. The molecule has 2 atom stereocenters. The van der Waals surface area contributed by atoms with Crippen molar-refractivity contribution in [2.45, 2.75) is 25.3 Å². The molecule has 0 saturated carbocycles. The van der Waals surface area contributed by atoms with Crippen molar-refractivity contribution >= 4 is 33.6 Å². The van der Waals surface area contributed by atoms with E-state index in [-0.39, 0.29) is 23.9 Å². The van der Waals surface area contributed by atoms with Gasteiger partial charge in [-0.15, -0.1) is 0 Å². The van der Waals surface area contributed by atoms with E-state index in [0.29, 0.717) is 18.8 Å². The second-order valence-corrected chi connectivity index (χ2v) is 7.76. The van der Waals surface area contributed by atoms with Crippen molar-refractivity contribution in [2.24, 2.45) is 0 Å². The van der Waals surface area contributed by atoms with E-state index in [0.717, 1.165) is 22.2 Å². The lowest BCUT2D eigenvalue weighted by atomic mass is 9.85. The largest absolute Gasteiger partial charge is 0.497 e. The summed E-state index contributed by atoms with van der Waals surface area (Å²) in [6.07, 6.45) is 0.787. The number of urea groups is 1. The van der Waals surface area contributed by atoms with Gasteiger partial charge in [0.25, 0.3) is 0 Å². The highest BCUT2D eigenvalue weighted by Gasteiger charge is 2.32. The Bertz CT molecular complexity index is 824. The molecule has 1 heterocycles. The SMILES string of the molecule is COc1ccc([C@@H]2CCN(C(C)=O)C[C@H]2NC(=O)Nc2ccc(Br)cc2)cc1. The number of methoxy groups -OCH3 is 1. The molecule has 7 heteroatoms. The summed E-state index contributed by atoms with van der Waals surface area (Å²) in [5.74, 6) is 0.938. The van der Waals surface area contributed by atoms with Gasteiger partial charge in [-0.2, -0.15) is 0 Å². The first-order valence-corrected chi connectivity index (χ1v) is 9.98. The average Bonchev–Trinajstić information content (AvgIpc) is 2.69. The first kappa shape index (κ1) is 20.2. The fourth-order valence-electron chi connectivity index (χ4n) is 3.50. The number of halogens is 1. The number of carbonyl (C=O) groups is 2. The molecule has 0 spiro atoms. The van der Waals surface area contributed by atoms with Crippen LogP contribution in [0.4, 0.5) is 10.5 Å². The molecule has 0 aliphatic carbocycles. The van der Waals surface area contributed by atoms with E-state index in [4.69, 9.17) is 4.74 Å². The maximum Gasteiger partial charge on any atom is 0.319 e. The average molecular weight is 446 g/mol. The number of ether oxygens (including phenoxy) is 1. The Morgan fingerprint density at radius 1 is 1.11 bits per heavy atom. The van der Waals surface area contributed by atoms with Crippen LogP contribution >= 0.6 is 15.9 Å². The molecule has 1 aliphatic heterocycles. The van der Waals surface area contributed by atoms with Gasteiger partial charge in [-0.05, 0) is 48.4 Å². The molecule has 2 N–H and O–H groups in total. The van der Waals surface area contributed by atoms with Crippen molar-refractivity contribution in [3.63, 3.8) is 0 Å². The lowest BCUT2D eigenvalue weighted by Crippen LogP contribution is -2.53. The maximum absolute atomic E-state index is 12.6. The highest BCUT2D eigenvalue weighted by Crippen LogP contribution is 2.30. The summed E-state index contributed by atoms with van der Waals surface area (Å²) in [5, 5.41) is 5.91. The van der Waals surface area contributed by atoms with Crippen LogP contribution in [0.5, 0.6) is 5.75 Å². The maximum atomic E-state index is 12.6. The zero-order valence-electron chi connectivity index (χ0n) is 15.9. The third-order valence-electron chi connectivity index (χ3n) is 5.02. The Hall–Kier alpha value is -2.54. The van der Waals surface area contributed by atoms with Crippen LogP contribution in [0.15, 0.2) is 53.0 Å². The van der Waals surface area contributed by atoms with Crippen LogP contribution in [0.2, 0.25) is 0 Å². The van der Waals surface area contributed by atoms with E-state index in [1.54, 1.807) is 18.9 Å². The van der Waals surface area contributed by atoms with Gasteiger partial charge >= 0.3 is 6.03 Å². The molecule has 1 fully saturated rings. The standard InChI is InChI=1S/C21H24BrN3O3/c1-14(26)25-12-11-19(15-3-9-18(28-2)10-4-15)20(13-25)24-21(27)23-17-7-5-16(22)6-8-17/h3-10,19-20H,11-13H2,1-2H3,(H2,23,24,27)/t19-,20+/m0/s1. The molecule has 1 aliphatic rings. The topological polar surface area (TPSA) is 70.7 Å². The van der Waals surface area contributed by atoms with E-state index in [2.05, 4.69) is 26.6 Å². The lowest BCUT2D eigenvalue weighted by Gasteiger charge is -2.38. The van der Waals surface area contributed by atoms with E-state index in [1.165, 1.54) is 0 Å². The van der Waals surface area contributed by atoms with Crippen LogP contribution in [0.25, 0.3) is 0 Å². The number of benzene rings is 2. The van der Waals surface area contributed by atoms with Gasteiger partial charge in [0.15, 0.2) is 0 Å². The summed E-state index contributed by atoms with van der Waals surface area (Å²) in [7, 11) is 1.64. The van der Waals surface area contributed by atoms with Gasteiger partial charge in [0.1, 0.15) is 5.75 Å². The smallest absolute Gasteiger partial charge is 0.319 e. The van der Waals surface area contributed by atoms with Crippen LogP contribution in [0.1, 0.15) is 24.8 Å². The van der Waals surface area contributed by atoms with E-state index in [9.17, 15) is 9.59 Å². The molecule has 0 bridgehead atoms. The Balaban J connectivity index is 1.73. The molecule has 3 rings (SSSR count). The zero-order chi connectivity index (χ0) is 20.1. The summed E-state index contributed by atoms with van der Waals surface area (Å²) in [6, 6.07) is 14.8. The van der Waals surface area contributed by atoms with Gasteiger partial charge in [0.2, 0.25) is 5.91 Å². The summed E-state index contributed by atoms with van der Waals surface area (Å²) in [5.41, 5.74) is 1.83. The zero-order valence-corrected chi connectivity index (χ0v) is 17.5. The molecular weight excluding hydrogens is 422 g/mol. The van der Waals surface area contributed by atoms with Crippen molar-refractivity contribution in [3.05, 3.63) is 58.6 Å². The third-order valence-corrected chi connectivity index (χ3v) is 5.55. The van der Waals surface area contributed by atoms with Crippen LogP contribution < -0.4 is 15.4 Å². The fraction of sp³-hybridized carbons (Fsp3) is 0.333. The number of likely N-dealkylation sites (tertiary alicyclic amines) is 1. The third kappa shape index (κ3) is 5.04. The summed E-state index contributed by atoms with van der Waals surface area (Å²) >= 11 is 3.38. The monoisotopic (exact) mass is 445 g/mol. The normalized spacial score (nSPS) is 19.0. The highest BCUT2D eigenvalue weighted by molar-refractivity contribution is 9.10. The first-order chi connectivity index (χ1) is 13.5. The van der Waals surface area contributed by atoms with Crippen LogP contribution in [-0.4, -0.2) is 43.1 Å². The minimum atomic E-state index is -0.281. The van der Waals surface area contributed by atoms with Crippen molar-refractivity contribution in [2.75, 3.05) is 25.5 Å². The van der Waals surface area contributed by atoms with Crippen LogP contribution in [-0.2, 0) is 4.79 Å². The Morgan fingerprint density at radius 3 is 2.39 bits per heavy atom. The van der Waals surface area contributed by atoms with E-state index in [1.807, 2.05) is 48.5 Å². The molecule has 2 aromatic rings. The van der Waals surface area contributed by atoms with Gasteiger partial charge in [0, 0.05) is 36.1 Å². The molecule has 2 aromatic carbocycles. The predicted molar refractivity (Wildman–Crippen MR) is 113 cm³/mol. The predicted octanol–water partition coefficient (Wildman–Crippen LogP) is 3.98. The fourth-order valence-corrected chi connectivity index (χ4v) is 3.77. The Kier molecular flexibility index (Phi) is 6.57. The van der Waals surface area contributed by atoms with E-state index >= 15 is 0 Å². The van der Waals surface area contributed by atoms with Crippen molar-refractivity contribution in [1.82, 2.24) is 10.2 Å². The second-order valence-electron chi connectivity index (χ2n) is 6.85. The number of hydrogen-bond acceptors (Lipinski definition) is 3. The molecule has 0 unspecified atom stereocenters. The number of hydrogen-bond donors (Lipinski definition) is 2. The van der Waals surface area contributed by atoms with Gasteiger partial charge in [0.05, 0.1) is 13.2 Å². The minimum absolute atomic E-state index is 0.0216. The summed E-state index contributed by atoms with van der Waals surface area (Å²) in [4.78, 5) is 26.2. The minimum Gasteiger partial charge on any atom is -0.497 e. The number of nitrogens with zero attached hydrogens (tertiary/aromatic N) is 1. The van der Waals surface area contributed by atoms with Crippen molar-refractivity contribution in [1.29, 1.82) is 0 Å². The molecule has 0 radical (unpaired) electrons. The summed E-state index contributed by atoms with van der Waals surface area (Å²) < 4.78 is 6.18. The highest BCUT2D eigenvalue weighted by atomic mass is 79.9. The number of rotatable bonds is 4. The van der Waals surface area contributed by atoms with Gasteiger partial charge < -0.3 is 20.3 Å². The lowest BCUT2D eigenvalue weighted by molar-refractivity contribution is -0.130. The number of carbonyl (C=O) groups excluding carboxylic acids is 2. The van der Waals surface area contributed by atoms with Gasteiger partial charge in [-0.3, -0.25) is 4.79 Å². The summed E-state index contributed by atoms with van der Waals surface area (Å²) in [6.45, 7) is 2.73. The van der Waals surface area contributed by atoms with Crippen molar-refractivity contribution in [3.8, 4) is 5.75 Å². The molecule has 0 aromatic heterocycles. The van der Waals surface area contributed by atoms with Gasteiger partial charge in [-0.25, -0.2) is 4.79 Å². The molecule has 1 saturated heterocycles. The molecule has 6 nitrogen and oxygen atoms in total. The van der Waals surface area contributed by atoms with Crippen LogP contribution in [0.3, 0.4) is 0 Å².